The van der Waals surface area contributed by atoms with Crippen molar-refractivity contribution in [2.24, 2.45) is 0 Å². The third kappa shape index (κ3) is 3.87. The lowest BCUT2D eigenvalue weighted by Crippen LogP contribution is -2.36. The average molecular weight is 441 g/mol. The SMILES string of the molecule is Cc1ccc([C@@H](CNC(=O)c2oc3ccc(Br)cc3c2C)N2CCCC2)cc1. The van der Waals surface area contributed by atoms with Crippen molar-refractivity contribution in [1.82, 2.24) is 10.2 Å². The van der Waals surface area contributed by atoms with Crippen molar-refractivity contribution in [3.05, 3.63) is 69.4 Å². The van der Waals surface area contributed by atoms with E-state index in [0.717, 1.165) is 34.1 Å². The molecule has 146 valence electrons. The molecule has 2 heterocycles. The quantitative estimate of drug-likeness (QED) is 0.579. The number of amides is 1. The number of likely N-dealkylation sites (tertiary alicyclic amines) is 1. The first-order chi connectivity index (χ1) is 13.5. The molecule has 0 saturated carbocycles. The minimum Gasteiger partial charge on any atom is -0.451 e. The van der Waals surface area contributed by atoms with E-state index in [4.69, 9.17) is 4.42 Å². The zero-order chi connectivity index (χ0) is 19.7. The highest BCUT2D eigenvalue weighted by molar-refractivity contribution is 9.10. The van der Waals surface area contributed by atoms with Crippen molar-refractivity contribution in [2.75, 3.05) is 19.6 Å². The first-order valence-corrected chi connectivity index (χ1v) is 10.6. The summed E-state index contributed by atoms with van der Waals surface area (Å²) in [6.07, 6.45) is 2.43. The van der Waals surface area contributed by atoms with Crippen LogP contribution in [0, 0.1) is 13.8 Å². The second-order valence-electron chi connectivity index (χ2n) is 7.58. The van der Waals surface area contributed by atoms with Gasteiger partial charge >= 0.3 is 0 Å². The van der Waals surface area contributed by atoms with E-state index in [1.54, 1.807) is 0 Å². The Labute approximate surface area is 174 Å². The molecule has 1 saturated heterocycles. The molecule has 4 rings (SSSR count). The van der Waals surface area contributed by atoms with Crippen LogP contribution in [0.25, 0.3) is 11.0 Å². The Morgan fingerprint density at radius 1 is 1.14 bits per heavy atom. The summed E-state index contributed by atoms with van der Waals surface area (Å²) in [6, 6.07) is 14.6. The first-order valence-electron chi connectivity index (χ1n) is 9.80. The zero-order valence-electron chi connectivity index (χ0n) is 16.3. The van der Waals surface area contributed by atoms with Crippen molar-refractivity contribution in [3.8, 4) is 0 Å². The van der Waals surface area contributed by atoms with Crippen LogP contribution in [0.1, 0.15) is 46.1 Å². The molecule has 0 unspecified atom stereocenters. The van der Waals surface area contributed by atoms with Crippen molar-refractivity contribution >= 4 is 32.8 Å². The second kappa shape index (κ2) is 8.10. The molecule has 0 bridgehead atoms. The van der Waals surface area contributed by atoms with Gasteiger partial charge in [-0.2, -0.15) is 0 Å². The van der Waals surface area contributed by atoms with Crippen molar-refractivity contribution in [2.45, 2.75) is 32.7 Å². The van der Waals surface area contributed by atoms with Gasteiger partial charge in [-0.1, -0.05) is 45.8 Å². The standard InChI is InChI=1S/C23H25BrN2O2/c1-15-5-7-17(8-6-15)20(26-11-3-4-12-26)14-25-23(27)22-16(2)19-13-18(24)9-10-21(19)28-22/h5-10,13,20H,3-4,11-12,14H2,1-2H3,(H,25,27)/t20-/m1/s1. The summed E-state index contributed by atoms with van der Waals surface area (Å²) in [7, 11) is 0. The fourth-order valence-corrected chi connectivity index (χ4v) is 4.34. The molecule has 28 heavy (non-hydrogen) atoms. The molecule has 3 aromatic rings. The van der Waals surface area contributed by atoms with E-state index < -0.39 is 0 Å². The smallest absolute Gasteiger partial charge is 0.287 e. The Morgan fingerprint density at radius 3 is 2.57 bits per heavy atom. The fourth-order valence-electron chi connectivity index (χ4n) is 3.98. The van der Waals surface area contributed by atoms with Crippen LogP contribution in [0.4, 0.5) is 0 Å². The van der Waals surface area contributed by atoms with Gasteiger partial charge < -0.3 is 9.73 Å². The van der Waals surface area contributed by atoms with Gasteiger partial charge in [0.05, 0.1) is 6.04 Å². The highest BCUT2D eigenvalue weighted by Crippen LogP contribution is 2.29. The number of rotatable bonds is 5. The molecular formula is C23H25BrN2O2. The van der Waals surface area contributed by atoms with E-state index in [1.807, 2.05) is 25.1 Å². The fraction of sp³-hybridized carbons (Fsp3) is 0.348. The molecule has 4 nitrogen and oxygen atoms in total. The van der Waals surface area contributed by atoms with Gasteiger partial charge in [0.1, 0.15) is 5.58 Å². The van der Waals surface area contributed by atoms with Crippen LogP contribution in [0.5, 0.6) is 0 Å². The summed E-state index contributed by atoms with van der Waals surface area (Å²) in [6.45, 7) is 6.75. The second-order valence-corrected chi connectivity index (χ2v) is 8.49. The molecule has 0 spiro atoms. The van der Waals surface area contributed by atoms with Crippen LogP contribution in [0.2, 0.25) is 0 Å². The van der Waals surface area contributed by atoms with Crippen LogP contribution in [0.3, 0.4) is 0 Å². The summed E-state index contributed by atoms with van der Waals surface area (Å²) in [5.41, 5.74) is 4.11. The average Bonchev–Trinajstić information content (AvgIpc) is 3.32. The molecule has 1 aliphatic heterocycles. The number of carbonyl (C=O) groups is 1. The minimum atomic E-state index is -0.152. The predicted octanol–water partition coefficient (Wildman–Crippen LogP) is 5.38. The van der Waals surface area contributed by atoms with Crippen LogP contribution in [-0.4, -0.2) is 30.4 Å². The lowest BCUT2D eigenvalue weighted by atomic mass is 10.0. The number of nitrogens with one attached hydrogen (secondary N) is 1. The van der Waals surface area contributed by atoms with Gasteiger partial charge in [0.15, 0.2) is 5.76 Å². The van der Waals surface area contributed by atoms with Gasteiger partial charge in [-0.3, -0.25) is 9.69 Å². The number of fused-ring (bicyclic) bond motifs is 1. The summed E-state index contributed by atoms with van der Waals surface area (Å²) in [5, 5.41) is 4.09. The molecule has 1 amide bonds. The summed E-state index contributed by atoms with van der Waals surface area (Å²) >= 11 is 3.48. The Hall–Kier alpha value is -2.11. The number of halogens is 1. The number of furan rings is 1. The van der Waals surface area contributed by atoms with Crippen LogP contribution in [-0.2, 0) is 0 Å². The van der Waals surface area contributed by atoms with Crippen LogP contribution >= 0.6 is 15.9 Å². The van der Waals surface area contributed by atoms with Crippen molar-refractivity contribution < 1.29 is 9.21 Å². The van der Waals surface area contributed by atoms with Gasteiger partial charge in [0.2, 0.25) is 0 Å². The molecule has 1 fully saturated rings. The predicted molar refractivity (Wildman–Crippen MR) is 116 cm³/mol. The zero-order valence-corrected chi connectivity index (χ0v) is 17.9. The summed E-state index contributed by atoms with van der Waals surface area (Å²) in [4.78, 5) is 15.4. The highest BCUT2D eigenvalue weighted by atomic mass is 79.9. The van der Waals surface area contributed by atoms with Crippen molar-refractivity contribution in [1.29, 1.82) is 0 Å². The maximum absolute atomic E-state index is 12.9. The Balaban J connectivity index is 1.54. The van der Waals surface area contributed by atoms with Crippen LogP contribution < -0.4 is 5.32 Å². The van der Waals surface area contributed by atoms with E-state index in [2.05, 4.69) is 57.3 Å². The highest BCUT2D eigenvalue weighted by Gasteiger charge is 2.25. The normalized spacial score (nSPS) is 15.8. The number of nitrogens with zero attached hydrogens (tertiary/aromatic N) is 1. The Morgan fingerprint density at radius 2 is 1.86 bits per heavy atom. The molecule has 0 radical (unpaired) electrons. The van der Waals surface area contributed by atoms with E-state index in [1.165, 1.54) is 24.0 Å². The van der Waals surface area contributed by atoms with Gasteiger partial charge in [0.25, 0.3) is 5.91 Å². The Bertz CT molecular complexity index is 988. The number of aryl methyl sites for hydroxylation is 2. The maximum Gasteiger partial charge on any atom is 0.287 e. The number of hydrogen-bond donors (Lipinski definition) is 1. The largest absolute Gasteiger partial charge is 0.451 e. The summed E-state index contributed by atoms with van der Waals surface area (Å²) in [5.74, 6) is 0.248. The van der Waals surface area contributed by atoms with Crippen LogP contribution in [0.15, 0.2) is 51.4 Å². The molecule has 5 heteroatoms. The molecular weight excluding hydrogens is 416 g/mol. The molecule has 0 aliphatic carbocycles. The van der Waals surface area contributed by atoms with Gasteiger partial charge in [-0.25, -0.2) is 0 Å². The lowest BCUT2D eigenvalue weighted by molar-refractivity contribution is 0.0911. The van der Waals surface area contributed by atoms with E-state index in [9.17, 15) is 4.79 Å². The van der Waals surface area contributed by atoms with Crippen molar-refractivity contribution in [3.63, 3.8) is 0 Å². The Kier molecular flexibility index (Phi) is 5.56. The van der Waals surface area contributed by atoms with E-state index >= 15 is 0 Å². The topological polar surface area (TPSA) is 45.5 Å². The molecule has 1 atom stereocenters. The molecule has 1 aromatic heterocycles. The van der Waals surface area contributed by atoms with E-state index in [-0.39, 0.29) is 11.9 Å². The number of hydrogen-bond acceptors (Lipinski definition) is 3. The minimum absolute atomic E-state index is 0.152. The first kappa shape index (κ1) is 19.2. The molecule has 1 N–H and O–H groups in total. The van der Waals surface area contributed by atoms with Gasteiger partial charge in [0, 0.05) is 22.0 Å². The maximum atomic E-state index is 12.9. The number of carbonyl (C=O) groups excluding carboxylic acids is 1. The number of benzene rings is 2. The monoisotopic (exact) mass is 440 g/mol. The lowest BCUT2D eigenvalue weighted by Gasteiger charge is -2.28. The summed E-state index contributed by atoms with van der Waals surface area (Å²) < 4.78 is 6.82. The molecule has 1 aliphatic rings. The molecule has 2 aromatic carbocycles. The third-order valence-electron chi connectivity index (χ3n) is 5.60. The van der Waals surface area contributed by atoms with E-state index in [0.29, 0.717) is 12.3 Å². The third-order valence-corrected chi connectivity index (χ3v) is 6.10. The van der Waals surface area contributed by atoms with Gasteiger partial charge in [-0.15, -0.1) is 0 Å². The van der Waals surface area contributed by atoms with Gasteiger partial charge in [-0.05, 0) is 63.5 Å².